The molecule has 1 aliphatic heterocycles. The Hall–Kier alpha value is -0.370. The van der Waals surface area contributed by atoms with Gasteiger partial charge in [0.1, 0.15) is 5.78 Å². The predicted molar refractivity (Wildman–Crippen MR) is 43.4 cm³/mol. The van der Waals surface area contributed by atoms with Crippen LogP contribution in [0.2, 0.25) is 0 Å². The smallest absolute Gasteiger partial charge is 0.136 e. The SMILES string of the molecule is C[C@H]1CC(=O)C[C@H](C2CC2)N1. The molecule has 1 saturated heterocycles. The molecule has 11 heavy (non-hydrogen) atoms. The Morgan fingerprint density at radius 1 is 1.36 bits per heavy atom. The Labute approximate surface area is 67.4 Å². The number of rotatable bonds is 1. The number of Topliss-reactive ketones (excluding diaryl/α,β-unsaturated/α-hetero) is 1. The lowest BCUT2D eigenvalue weighted by molar-refractivity contribution is -0.121. The average molecular weight is 153 g/mol. The van der Waals surface area contributed by atoms with Crippen molar-refractivity contribution in [2.75, 3.05) is 0 Å². The lowest BCUT2D eigenvalue weighted by Gasteiger charge is -2.27. The van der Waals surface area contributed by atoms with E-state index in [1.807, 2.05) is 0 Å². The highest BCUT2D eigenvalue weighted by Crippen LogP contribution is 2.35. The average Bonchev–Trinajstić information content (AvgIpc) is 2.64. The van der Waals surface area contributed by atoms with Crippen LogP contribution in [0.1, 0.15) is 32.6 Å². The molecule has 1 aliphatic carbocycles. The van der Waals surface area contributed by atoms with E-state index in [0.717, 1.165) is 18.8 Å². The number of carbonyl (C=O) groups is 1. The van der Waals surface area contributed by atoms with Crippen molar-refractivity contribution in [1.29, 1.82) is 0 Å². The van der Waals surface area contributed by atoms with Gasteiger partial charge in [-0.05, 0) is 25.7 Å². The molecule has 1 saturated carbocycles. The minimum absolute atomic E-state index is 0.418. The van der Waals surface area contributed by atoms with Gasteiger partial charge in [0.25, 0.3) is 0 Å². The minimum Gasteiger partial charge on any atom is -0.310 e. The second kappa shape index (κ2) is 2.59. The number of piperidine rings is 1. The van der Waals surface area contributed by atoms with Crippen LogP contribution >= 0.6 is 0 Å². The van der Waals surface area contributed by atoms with E-state index in [1.165, 1.54) is 12.8 Å². The lowest BCUT2D eigenvalue weighted by Crippen LogP contribution is -2.45. The summed E-state index contributed by atoms with van der Waals surface area (Å²) < 4.78 is 0. The van der Waals surface area contributed by atoms with Gasteiger partial charge >= 0.3 is 0 Å². The molecule has 2 fully saturated rings. The van der Waals surface area contributed by atoms with Crippen LogP contribution in [-0.2, 0) is 4.79 Å². The molecule has 1 N–H and O–H groups in total. The molecular weight excluding hydrogens is 138 g/mol. The summed E-state index contributed by atoms with van der Waals surface area (Å²) in [6.45, 7) is 2.10. The maximum atomic E-state index is 11.2. The fourth-order valence-electron chi connectivity index (χ4n) is 1.95. The van der Waals surface area contributed by atoms with Crippen LogP contribution in [0.15, 0.2) is 0 Å². The molecule has 0 aromatic carbocycles. The first-order chi connectivity index (χ1) is 5.25. The van der Waals surface area contributed by atoms with Gasteiger partial charge in [-0.1, -0.05) is 0 Å². The lowest BCUT2D eigenvalue weighted by atomic mass is 9.95. The predicted octanol–water partition coefficient (Wildman–Crippen LogP) is 1.11. The molecule has 0 aromatic rings. The topological polar surface area (TPSA) is 29.1 Å². The summed E-state index contributed by atoms with van der Waals surface area (Å²) in [5.41, 5.74) is 0. The van der Waals surface area contributed by atoms with Gasteiger partial charge < -0.3 is 5.32 Å². The van der Waals surface area contributed by atoms with Crippen LogP contribution in [0, 0.1) is 5.92 Å². The first-order valence-corrected chi connectivity index (χ1v) is 4.53. The molecule has 0 bridgehead atoms. The van der Waals surface area contributed by atoms with E-state index in [1.54, 1.807) is 0 Å². The van der Waals surface area contributed by atoms with Gasteiger partial charge in [-0.25, -0.2) is 0 Å². The van der Waals surface area contributed by atoms with E-state index in [9.17, 15) is 4.79 Å². The van der Waals surface area contributed by atoms with Crippen LogP contribution in [0.4, 0.5) is 0 Å². The molecule has 0 aromatic heterocycles. The van der Waals surface area contributed by atoms with Crippen molar-refractivity contribution in [3.05, 3.63) is 0 Å². The van der Waals surface area contributed by atoms with Crippen molar-refractivity contribution < 1.29 is 4.79 Å². The highest BCUT2D eigenvalue weighted by Gasteiger charge is 2.35. The van der Waals surface area contributed by atoms with Crippen LogP contribution in [0.25, 0.3) is 0 Å². The molecule has 62 valence electrons. The first kappa shape index (κ1) is 7.29. The fourth-order valence-corrected chi connectivity index (χ4v) is 1.95. The van der Waals surface area contributed by atoms with Crippen LogP contribution in [0.5, 0.6) is 0 Å². The van der Waals surface area contributed by atoms with Crippen molar-refractivity contribution >= 4 is 5.78 Å². The third-order valence-corrected chi connectivity index (χ3v) is 2.67. The summed E-state index contributed by atoms with van der Waals surface area (Å²) in [6, 6.07) is 0.938. The van der Waals surface area contributed by atoms with Crippen molar-refractivity contribution in [3.8, 4) is 0 Å². The molecule has 2 aliphatic rings. The summed E-state index contributed by atoms with van der Waals surface area (Å²) in [5, 5.41) is 3.49. The zero-order valence-corrected chi connectivity index (χ0v) is 6.97. The van der Waals surface area contributed by atoms with E-state index in [2.05, 4.69) is 12.2 Å². The second-order valence-electron chi connectivity index (χ2n) is 3.96. The van der Waals surface area contributed by atoms with Crippen LogP contribution in [0.3, 0.4) is 0 Å². The van der Waals surface area contributed by atoms with Crippen molar-refractivity contribution in [2.24, 2.45) is 5.92 Å². The summed E-state index contributed by atoms with van der Waals surface area (Å²) in [4.78, 5) is 11.2. The summed E-state index contributed by atoms with van der Waals surface area (Å²) in [7, 11) is 0. The number of ketones is 1. The van der Waals surface area contributed by atoms with E-state index in [-0.39, 0.29) is 0 Å². The Morgan fingerprint density at radius 2 is 2.09 bits per heavy atom. The Balaban J connectivity index is 1.94. The molecule has 1 heterocycles. The molecule has 0 radical (unpaired) electrons. The third-order valence-electron chi connectivity index (χ3n) is 2.67. The largest absolute Gasteiger partial charge is 0.310 e. The number of hydrogen-bond acceptors (Lipinski definition) is 2. The highest BCUT2D eigenvalue weighted by molar-refractivity contribution is 5.80. The van der Waals surface area contributed by atoms with Gasteiger partial charge in [-0.2, -0.15) is 0 Å². The zero-order chi connectivity index (χ0) is 7.84. The first-order valence-electron chi connectivity index (χ1n) is 4.53. The van der Waals surface area contributed by atoms with E-state index < -0.39 is 0 Å². The summed E-state index contributed by atoms with van der Waals surface area (Å²) >= 11 is 0. The highest BCUT2D eigenvalue weighted by atomic mass is 16.1. The molecule has 0 unspecified atom stereocenters. The van der Waals surface area contributed by atoms with Crippen LogP contribution in [-0.4, -0.2) is 17.9 Å². The van der Waals surface area contributed by atoms with Gasteiger partial charge in [-0.3, -0.25) is 4.79 Å². The van der Waals surface area contributed by atoms with E-state index in [4.69, 9.17) is 0 Å². The van der Waals surface area contributed by atoms with Gasteiger partial charge in [0.15, 0.2) is 0 Å². The molecule has 0 amide bonds. The molecular formula is C9H15NO. The number of hydrogen-bond donors (Lipinski definition) is 1. The Kier molecular flexibility index (Phi) is 1.72. The van der Waals surface area contributed by atoms with Crippen molar-refractivity contribution in [1.82, 2.24) is 5.32 Å². The van der Waals surface area contributed by atoms with Gasteiger partial charge in [0.2, 0.25) is 0 Å². The maximum absolute atomic E-state index is 11.2. The molecule has 2 heteroatoms. The maximum Gasteiger partial charge on any atom is 0.136 e. The normalized spacial score (nSPS) is 39.2. The van der Waals surface area contributed by atoms with Crippen LogP contribution < -0.4 is 5.32 Å². The quantitative estimate of drug-likeness (QED) is 0.611. The standard InChI is InChI=1S/C9H15NO/c1-6-4-8(11)5-9(10-6)7-2-3-7/h6-7,9-10H,2-5H2,1H3/t6-,9+/m0/s1. The van der Waals surface area contributed by atoms with E-state index in [0.29, 0.717) is 17.9 Å². The summed E-state index contributed by atoms with van der Waals surface area (Å²) in [5.74, 6) is 1.27. The zero-order valence-electron chi connectivity index (χ0n) is 6.97. The van der Waals surface area contributed by atoms with E-state index >= 15 is 0 Å². The Morgan fingerprint density at radius 3 is 2.64 bits per heavy atom. The third kappa shape index (κ3) is 1.62. The molecule has 2 nitrogen and oxygen atoms in total. The van der Waals surface area contributed by atoms with Crippen molar-refractivity contribution in [3.63, 3.8) is 0 Å². The second-order valence-corrected chi connectivity index (χ2v) is 3.96. The number of nitrogens with one attached hydrogen (secondary N) is 1. The molecule has 2 rings (SSSR count). The van der Waals surface area contributed by atoms with Crippen molar-refractivity contribution in [2.45, 2.75) is 44.7 Å². The fraction of sp³-hybridized carbons (Fsp3) is 0.889. The van der Waals surface area contributed by atoms with Gasteiger partial charge in [0, 0.05) is 24.9 Å². The Bertz CT molecular complexity index is 174. The number of carbonyl (C=O) groups excluding carboxylic acids is 1. The monoisotopic (exact) mass is 153 g/mol. The summed E-state index contributed by atoms with van der Waals surface area (Å²) in [6.07, 6.45) is 4.19. The molecule has 2 atom stereocenters. The van der Waals surface area contributed by atoms with Gasteiger partial charge in [-0.15, -0.1) is 0 Å². The minimum atomic E-state index is 0.418. The van der Waals surface area contributed by atoms with Gasteiger partial charge in [0.05, 0.1) is 0 Å². The molecule has 0 spiro atoms.